The monoisotopic (exact) mass is 240 g/mol. The number of hydrogen-bond acceptors (Lipinski definition) is 5. The van der Waals surface area contributed by atoms with Gasteiger partial charge in [0.05, 0.1) is 5.75 Å². The van der Waals surface area contributed by atoms with E-state index in [1.54, 1.807) is 11.8 Å². The summed E-state index contributed by atoms with van der Waals surface area (Å²) in [5.74, 6) is 2.57. The van der Waals surface area contributed by atoms with E-state index in [2.05, 4.69) is 10.1 Å². The van der Waals surface area contributed by atoms with Crippen molar-refractivity contribution in [3.8, 4) is 0 Å². The second-order valence-electron chi connectivity index (χ2n) is 4.15. The molecule has 1 atom stereocenters. The lowest BCUT2D eigenvalue weighted by molar-refractivity contribution is -0.124. The fourth-order valence-electron chi connectivity index (χ4n) is 2.04. The smallest absolute Gasteiger partial charge is 0.227 e. The Bertz CT molecular complexity index is 365. The molecule has 0 amide bonds. The molecule has 1 aliphatic carbocycles. The quantitative estimate of drug-likeness (QED) is 0.807. The van der Waals surface area contributed by atoms with Crippen LogP contribution in [0.25, 0.3) is 0 Å². The van der Waals surface area contributed by atoms with Gasteiger partial charge < -0.3 is 4.52 Å². The van der Waals surface area contributed by atoms with E-state index in [1.165, 1.54) is 0 Å². The van der Waals surface area contributed by atoms with Crippen LogP contribution in [-0.2, 0) is 17.0 Å². The molecule has 2 rings (SSSR count). The summed E-state index contributed by atoms with van der Waals surface area (Å²) >= 11 is 1.66. The van der Waals surface area contributed by atoms with Crippen LogP contribution in [0.1, 0.15) is 37.4 Å². The van der Waals surface area contributed by atoms with Crippen molar-refractivity contribution in [2.24, 2.45) is 5.92 Å². The molecule has 0 spiro atoms. The van der Waals surface area contributed by atoms with Gasteiger partial charge in [-0.3, -0.25) is 4.79 Å². The Morgan fingerprint density at radius 3 is 3.12 bits per heavy atom. The number of carbonyl (C=O) groups excluding carboxylic acids is 1. The lowest BCUT2D eigenvalue weighted by Crippen LogP contribution is -2.21. The molecule has 1 fully saturated rings. The van der Waals surface area contributed by atoms with E-state index in [0.717, 1.165) is 37.3 Å². The molecule has 0 N–H and O–H groups in total. The molecule has 0 bridgehead atoms. The summed E-state index contributed by atoms with van der Waals surface area (Å²) in [6.07, 6.45) is 6.50. The van der Waals surface area contributed by atoms with Crippen LogP contribution < -0.4 is 0 Å². The number of ketones is 1. The standard InChI is InChI=1S/C11H16N2O2S/c1-16-7-10-12-11(15-13-10)6-8-4-2-3-5-9(8)14/h8H,2-7H2,1H3. The lowest BCUT2D eigenvalue weighted by Gasteiger charge is -2.18. The number of carbonyl (C=O) groups is 1. The van der Waals surface area contributed by atoms with Gasteiger partial charge in [0, 0.05) is 18.8 Å². The first kappa shape index (κ1) is 11.6. The Hall–Kier alpha value is -0.840. The van der Waals surface area contributed by atoms with E-state index in [-0.39, 0.29) is 5.92 Å². The van der Waals surface area contributed by atoms with Crippen LogP contribution in [-0.4, -0.2) is 22.2 Å². The highest BCUT2D eigenvalue weighted by molar-refractivity contribution is 7.97. The zero-order valence-corrected chi connectivity index (χ0v) is 10.3. The van der Waals surface area contributed by atoms with Crippen LogP contribution in [0.2, 0.25) is 0 Å². The van der Waals surface area contributed by atoms with E-state index in [9.17, 15) is 4.79 Å². The average Bonchev–Trinajstić information content (AvgIpc) is 2.70. The second kappa shape index (κ2) is 5.48. The summed E-state index contributed by atoms with van der Waals surface area (Å²) in [4.78, 5) is 15.9. The molecule has 1 unspecified atom stereocenters. The minimum Gasteiger partial charge on any atom is -0.339 e. The molecule has 0 aliphatic heterocycles. The van der Waals surface area contributed by atoms with Crippen LogP contribution in [0, 0.1) is 5.92 Å². The highest BCUT2D eigenvalue weighted by Gasteiger charge is 2.24. The third-order valence-corrected chi connectivity index (χ3v) is 3.43. The fraction of sp³-hybridized carbons (Fsp3) is 0.727. The summed E-state index contributed by atoms with van der Waals surface area (Å²) in [6.45, 7) is 0. The van der Waals surface area contributed by atoms with Gasteiger partial charge in [0.15, 0.2) is 5.82 Å². The summed E-state index contributed by atoms with van der Waals surface area (Å²) < 4.78 is 5.14. The largest absolute Gasteiger partial charge is 0.339 e. The maximum Gasteiger partial charge on any atom is 0.227 e. The van der Waals surface area contributed by atoms with Gasteiger partial charge in [-0.2, -0.15) is 16.7 Å². The van der Waals surface area contributed by atoms with E-state index < -0.39 is 0 Å². The first-order chi connectivity index (χ1) is 7.79. The van der Waals surface area contributed by atoms with Crippen LogP contribution in [0.15, 0.2) is 4.52 Å². The van der Waals surface area contributed by atoms with Crippen molar-refractivity contribution < 1.29 is 9.32 Å². The van der Waals surface area contributed by atoms with E-state index >= 15 is 0 Å². The van der Waals surface area contributed by atoms with Gasteiger partial charge in [-0.15, -0.1) is 0 Å². The fourth-order valence-corrected chi connectivity index (χ4v) is 2.42. The van der Waals surface area contributed by atoms with Crippen LogP contribution in [0.5, 0.6) is 0 Å². The predicted molar refractivity (Wildman–Crippen MR) is 62.2 cm³/mol. The molecule has 5 heteroatoms. The van der Waals surface area contributed by atoms with E-state index in [4.69, 9.17) is 4.52 Å². The molecule has 1 aromatic rings. The second-order valence-corrected chi connectivity index (χ2v) is 5.02. The SMILES string of the molecule is CSCc1noc(CC2CCCCC2=O)n1. The number of Topliss-reactive ketones (excluding diaryl/α,β-unsaturated/α-hetero) is 1. The number of thioether (sulfide) groups is 1. The minimum absolute atomic E-state index is 0.108. The van der Waals surface area contributed by atoms with Crippen molar-refractivity contribution in [1.29, 1.82) is 0 Å². The average molecular weight is 240 g/mol. The molecule has 1 aliphatic rings. The van der Waals surface area contributed by atoms with Crippen molar-refractivity contribution in [2.45, 2.75) is 37.9 Å². The summed E-state index contributed by atoms with van der Waals surface area (Å²) in [7, 11) is 0. The zero-order valence-electron chi connectivity index (χ0n) is 9.44. The Balaban J connectivity index is 1.94. The molecule has 88 valence electrons. The van der Waals surface area contributed by atoms with Gasteiger partial charge in [-0.1, -0.05) is 11.6 Å². The third kappa shape index (κ3) is 2.84. The summed E-state index contributed by atoms with van der Waals surface area (Å²) in [5, 5.41) is 3.88. The highest BCUT2D eigenvalue weighted by Crippen LogP contribution is 2.23. The summed E-state index contributed by atoms with van der Waals surface area (Å²) in [6, 6.07) is 0. The molecular weight excluding hydrogens is 224 g/mol. The van der Waals surface area contributed by atoms with Crippen molar-refractivity contribution in [1.82, 2.24) is 10.1 Å². The van der Waals surface area contributed by atoms with Gasteiger partial charge in [0.1, 0.15) is 5.78 Å². The zero-order chi connectivity index (χ0) is 11.4. The first-order valence-corrected chi connectivity index (χ1v) is 7.02. The lowest BCUT2D eigenvalue weighted by atomic mass is 9.86. The van der Waals surface area contributed by atoms with Gasteiger partial charge >= 0.3 is 0 Å². The maximum absolute atomic E-state index is 11.6. The predicted octanol–water partition coefficient (Wildman–Crippen LogP) is 2.23. The number of hydrogen-bond donors (Lipinski definition) is 0. The molecule has 4 nitrogen and oxygen atoms in total. The van der Waals surface area contributed by atoms with E-state index in [0.29, 0.717) is 18.1 Å². The van der Waals surface area contributed by atoms with Gasteiger partial charge in [0.25, 0.3) is 0 Å². The van der Waals surface area contributed by atoms with Gasteiger partial charge in [-0.25, -0.2) is 0 Å². The van der Waals surface area contributed by atoms with Crippen LogP contribution in [0.3, 0.4) is 0 Å². The normalized spacial score (nSPS) is 21.3. The van der Waals surface area contributed by atoms with Crippen LogP contribution in [0.4, 0.5) is 0 Å². The van der Waals surface area contributed by atoms with Crippen molar-refractivity contribution in [2.75, 3.05) is 6.26 Å². The Morgan fingerprint density at radius 1 is 1.50 bits per heavy atom. The third-order valence-electron chi connectivity index (χ3n) is 2.89. The summed E-state index contributed by atoms with van der Waals surface area (Å²) in [5.41, 5.74) is 0. The Morgan fingerprint density at radius 2 is 2.38 bits per heavy atom. The number of rotatable bonds is 4. The van der Waals surface area contributed by atoms with Crippen molar-refractivity contribution >= 4 is 17.5 Å². The molecule has 16 heavy (non-hydrogen) atoms. The molecule has 1 aromatic heterocycles. The number of nitrogens with zero attached hydrogens (tertiary/aromatic N) is 2. The van der Waals surface area contributed by atoms with Gasteiger partial charge in [0.2, 0.25) is 5.89 Å². The highest BCUT2D eigenvalue weighted by atomic mass is 32.2. The Kier molecular flexibility index (Phi) is 3.98. The van der Waals surface area contributed by atoms with E-state index in [1.807, 2.05) is 6.26 Å². The molecule has 0 radical (unpaired) electrons. The first-order valence-electron chi connectivity index (χ1n) is 5.62. The molecule has 0 saturated heterocycles. The van der Waals surface area contributed by atoms with Crippen molar-refractivity contribution in [3.05, 3.63) is 11.7 Å². The minimum atomic E-state index is 0.108. The van der Waals surface area contributed by atoms with Gasteiger partial charge in [-0.05, 0) is 19.1 Å². The molecule has 1 saturated carbocycles. The molecular formula is C11H16N2O2S. The maximum atomic E-state index is 11.6. The Labute approximate surface area is 99.2 Å². The van der Waals surface area contributed by atoms with Crippen LogP contribution >= 0.6 is 11.8 Å². The topological polar surface area (TPSA) is 56.0 Å². The number of aromatic nitrogens is 2. The van der Waals surface area contributed by atoms with Crippen molar-refractivity contribution in [3.63, 3.8) is 0 Å². The molecule has 0 aromatic carbocycles. The molecule has 1 heterocycles.